The van der Waals surface area contributed by atoms with E-state index >= 15 is 0 Å². The summed E-state index contributed by atoms with van der Waals surface area (Å²) >= 11 is 3.48. The van der Waals surface area contributed by atoms with Gasteiger partial charge in [-0.1, -0.05) is 0 Å². The molecule has 5 nitrogen and oxygen atoms in total. The minimum atomic E-state index is -3.07. The fourth-order valence-electron chi connectivity index (χ4n) is 2.04. The highest BCUT2D eigenvalue weighted by molar-refractivity contribution is 9.10. The smallest absolute Gasteiger partial charge is 0.211 e. The van der Waals surface area contributed by atoms with Gasteiger partial charge in [0.05, 0.1) is 11.9 Å². The van der Waals surface area contributed by atoms with Gasteiger partial charge in [0, 0.05) is 36.3 Å². The van der Waals surface area contributed by atoms with Crippen molar-refractivity contribution in [3.05, 3.63) is 22.7 Å². The number of nitrogens with two attached hydrogens (primary N) is 1. The predicted molar refractivity (Wildman–Crippen MR) is 77.2 cm³/mol. The van der Waals surface area contributed by atoms with Crippen molar-refractivity contribution in [2.24, 2.45) is 0 Å². The van der Waals surface area contributed by atoms with Gasteiger partial charge >= 0.3 is 0 Å². The van der Waals surface area contributed by atoms with Crippen LogP contribution >= 0.6 is 15.9 Å². The first-order valence-corrected chi connectivity index (χ1v) is 8.27. The van der Waals surface area contributed by atoms with Gasteiger partial charge in [0.2, 0.25) is 10.0 Å². The third-order valence-corrected chi connectivity index (χ3v) is 4.96. The van der Waals surface area contributed by atoms with Crippen molar-refractivity contribution in [2.45, 2.75) is 0 Å². The Kier molecular flexibility index (Phi) is 3.84. The van der Waals surface area contributed by atoms with E-state index in [1.807, 2.05) is 18.2 Å². The molecule has 2 N–H and O–H groups in total. The summed E-state index contributed by atoms with van der Waals surface area (Å²) in [6.45, 7) is 2.43. The normalized spacial score (nSPS) is 18.0. The van der Waals surface area contributed by atoms with Crippen LogP contribution in [0.5, 0.6) is 0 Å². The molecule has 1 saturated heterocycles. The second-order valence-electron chi connectivity index (χ2n) is 4.36. The lowest BCUT2D eigenvalue weighted by Gasteiger charge is -2.35. The topological polar surface area (TPSA) is 66.6 Å². The fraction of sp³-hybridized carbons (Fsp3) is 0.455. The number of nitrogens with zero attached hydrogens (tertiary/aromatic N) is 2. The number of hydrogen-bond donors (Lipinski definition) is 1. The second-order valence-corrected chi connectivity index (χ2v) is 7.20. The van der Waals surface area contributed by atoms with Crippen LogP contribution in [-0.4, -0.2) is 45.2 Å². The number of benzene rings is 1. The van der Waals surface area contributed by atoms with Gasteiger partial charge in [-0.15, -0.1) is 0 Å². The molecule has 0 amide bonds. The van der Waals surface area contributed by atoms with Crippen LogP contribution in [0.2, 0.25) is 0 Å². The van der Waals surface area contributed by atoms with Crippen molar-refractivity contribution in [3.8, 4) is 0 Å². The van der Waals surface area contributed by atoms with Crippen molar-refractivity contribution in [1.29, 1.82) is 0 Å². The monoisotopic (exact) mass is 333 g/mol. The molecule has 1 fully saturated rings. The lowest BCUT2D eigenvalue weighted by atomic mass is 10.2. The zero-order valence-corrected chi connectivity index (χ0v) is 12.5. The Morgan fingerprint density at radius 1 is 1.22 bits per heavy atom. The van der Waals surface area contributed by atoms with Crippen molar-refractivity contribution in [1.82, 2.24) is 4.31 Å². The van der Waals surface area contributed by atoms with E-state index in [9.17, 15) is 8.42 Å². The molecule has 100 valence electrons. The first-order chi connectivity index (χ1) is 8.38. The summed E-state index contributed by atoms with van der Waals surface area (Å²) in [6, 6.07) is 5.66. The van der Waals surface area contributed by atoms with Gasteiger partial charge in [-0.2, -0.15) is 4.31 Å². The molecule has 0 spiro atoms. The van der Waals surface area contributed by atoms with E-state index in [-0.39, 0.29) is 0 Å². The highest BCUT2D eigenvalue weighted by Gasteiger charge is 2.24. The summed E-state index contributed by atoms with van der Waals surface area (Å²) in [7, 11) is -3.07. The maximum absolute atomic E-state index is 11.4. The number of halogens is 1. The highest BCUT2D eigenvalue weighted by atomic mass is 79.9. The predicted octanol–water partition coefficient (Wildman–Crippen LogP) is 1.11. The van der Waals surface area contributed by atoms with E-state index < -0.39 is 10.0 Å². The maximum atomic E-state index is 11.4. The molecular weight excluding hydrogens is 318 g/mol. The Balaban J connectivity index is 2.10. The number of piperazine rings is 1. The van der Waals surface area contributed by atoms with Gasteiger partial charge in [-0.25, -0.2) is 8.42 Å². The zero-order valence-electron chi connectivity index (χ0n) is 10.1. The Morgan fingerprint density at radius 3 is 2.33 bits per heavy atom. The summed E-state index contributed by atoms with van der Waals surface area (Å²) in [5, 5.41) is 0. The van der Waals surface area contributed by atoms with E-state index in [1.165, 1.54) is 10.6 Å². The van der Waals surface area contributed by atoms with Crippen molar-refractivity contribution < 1.29 is 8.42 Å². The van der Waals surface area contributed by atoms with Gasteiger partial charge in [0.15, 0.2) is 0 Å². The molecule has 1 aromatic rings. The largest absolute Gasteiger partial charge is 0.399 e. The first-order valence-electron chi connectivity index (χ1n) is 5.63. The molecule has 18 heavy (non-hydrogen) atoms. The number of rotatable bonds is 2. The fourth-order valence-corrected chi connectivity index (χ4v) is 3.51. The molecule has 0 radical (unpaired) electrons. The third-order valence-electron chi connectivity index (χ3n) is 3.02. The average molecular weight is 334 g/mol. The van der Waals surface area contributed by atoms with E-state index in [0.29, 0.717) is 31.9 Å². The van der Waals surface area contributed by atoms with Gasteiger partial charge in [-0.3, -0.25) is 0 Å². The third kappa shape index (κ3) is 2.96. The summed E-state index contributed by atoms with van der Waals surface area (Å²) in [5.74, 6) is 0. The minimum absolute atomic E-state index is 0.523. The van der Waals surface area contributed by atoms with Crippen molar-refractivity contribution >= 4 is 37.3 Å². The Morgan fingerprint density at radius 2 is 1.83 bits per heavy atom. The quantitative estimate of drug-likeness (QED) is 0.823. The van der Waals surface area contributed by atoms with E-state index in [1.54, 1.807) is 0 Å². The summed E-state index contributed by atoms with van der Waals surface area (Å²) in [5.41, 5.74) is 7.46. The summed E-state index contributed by atoms with van der Waals surface area (Å²) in [4.78, 5) is 2.16. The lowest BCUT2D eigenvalue weighted by molar-refractivity contribution is 0.388. The second kappa shape index (κ2) is 5.07. The van der Waals surface area contributed by atoms with Crippen LogP contribution in [0, 0.1) is 0 Å². The van der Waals surface area contributed by atoms with Crippen LogP contribution in [0.4, 0.5) is 11.4 Å². The van der Waals surface area contributed by atoms with Gasteiger partial charge < -0.3 is 10.6 Å². The van der Waals surface area contributed by atoms with E-state index in [2.05, 4.69) is 20.8 Å². The van der Waals surface area contributed by atoms with Gasteiger partial charge in [0.25, 0.3) is 0 Å². The molecule has 0 atom stereocenters. The number of hydrogen-bond acceptors (Lipinski definition) is 4. The van der Waals surface area contributed by atoms with Crippen LogP contribution < -0.4 is 10.6 Å². The number of nitrogen functional groups attached to an aromatic ring is 1. The molecular formula is C11H16BrN3O2S. The van der Waals surface area contributed by atoms with Crippen LogP contribution in [0.25, 0.3) is 0 Å². The molecule has 1 aliphatic heterocycles. The number of sulfonamides is 1. The minimum Gasteiger partial charge on any atom is -0.399 e. The zero-order chi connectivity index (χ0) is 13.3. The van der Waals surface area contributed by atoms with Crippen LogP contribution in [0.1, 0.15) is 0 Å². The van der Waals surface area contributed by atoms with E-state index in [4.69, 9.17) is 5.73 Å². The summed E-state index contributed by atoms with van der Waals surface area (Å²) in [6.07, 6.45) is 1.25. The van der Waals surface area contributed by atoms with Gasteiger partial charge in [-0.05, 0) is 34.1 Å². The average Bonchev–Trinajstić information content (AvgIpc) is 2.28. The SMILES string of the molecule is CS(=O)(=O)N1CCN(c2ccc(N)cc2Br)CC1. The standard InChI is InChI=1S/C11H16BrN3O2S/c1-18(16,17)15-6-4-14(5-7-15)11-3-2-9(13)8-10(11)12/h2-3,8H,4-7,13H2,1H3. The van der Waals surface area contributed by atoms with Crippen LogP contribution in [-0.2, 0) is 10.0 Å². The molecule has 2 rings (SSSR count). The Labute approximate surface area is 116 Å². The Bertz CT molecular complexity index is 539. The molecule has 0 saturated carbocycles. The summed E-state index contributed by atoms with van der Waals surface area (Å²) < 4.78 is 25.3. The molecule has 1 aromatic carbocycles. The maximum Gasteiger partial charge on any atom is 0.211 e. The molecule has 0 aromatic heterocycles. The first kappa shape index (κ1) is 13.6. The molecule has 0 bridgehead atoms. The Hall–Kier alpha value is -0.790. The number of anilines is 2. The van der Waals surface area contributed by atoms with Crippen molar-refractivity contribution in [2.75, 3.05) is 43.1 Å². The molecule has 1 aliphatic rings. The van der Waals surface area contributed by atoms with Crippen molar-refractivity contribution in [3.63, 3.8) is 0 Å². The van der Waals surface area contributed by atoms with Crippen LogP contribution in [0.15, 0.2) is 22.7 Å². The molecule has 0 aliphatic carbocycles. The molecule has 7 heteroatoms. The molecule has 0 unspecified atom stereocenters. The van der Waals surface area contributed by atoms with E-state index in [0.717, 1.165) is 10.2 Å². The lowest BCUT2D eigenvalue weighted by Crippen LogP contribution is -2.48. The van der Waals surface area contributed by atoms with Gasteiger partial charge in [0.1, 0.15) is 0 Å². The molecule has 1 heterocycles. The van der Waals surface area contributed by atoms with Crippen LogP contribution in [0.3, 0.4) is 0 Å². The highest BCUT2D eigenvalue weighted by Crippen LogP contribution is 2.29.